The Hall–Kier alpha value is -3.75. The number of primary amides is 1. The maximum atomic E-state index is 13.2. The van der Waals surface area contributed by atoms with Crippen LogP contribution in [0.3, 0.4) is 0 Å². The molecule has 2 aromatic carbocycles. The highest BCUT2D eigenvalue weighted by Crippen LogP contribution is 2.31. The number of amides is 2. The number of esters is 1. The summed E-state index contributed by atoms with van der Waals surface area (Å²) >= 11 is 0. The van der Waals surface area contributed by atoms with Crippen LogP contribution in [0.25, 0.3) is 0 Å². The zero-order valence-electron chi connectivity index (χ0n) is 16.2. The second-order valence-corrected chi connectivity index (χ2v) is 7.03. The topological polar surface area (TPSA) is 105 Å². The van der Waals surface area contributed by atoms with Gasteiger partial charge in [0.25, 0.3) is 5.91 Å². The third-order valence-electron chi connectivity index (χ3n) is 5.22. The fraction of sp³-hybridized carbons (Fsp3) is 0.238. The number of carbonyl (C=O) groups is 3. The number of methoxy groups -OCH3 is 1. The number of fused-ring (bicyclic) bond motifs is 1. The highest BCUT2D eigenvalue weighted by molar-refractivity contribution is 6.45. The van der Waals surface area contributed by atoms with Gasteiger partial charge >= 0.3 is 5.97 Å². The first-order valence-corrected chi connectivity index (χ1v) is 9.33. The molecule has 0 saturated heterocycles. The molecule has 0 aromatic heterocycles. The molecule has 2 aliphatic heterocycles. The Bertz CT molecular complexity index is 1070. The molecule has 2 amide bonds. The van der Waals surface area contributed by atoms with Crippen LogP contribution in [0.1, 0.15) is 22.3 Å². The Morgan fingerprint density at radius 1 is 1.17 bits per heavy atom. The highest BCUT2D eigenvalue weighted by Gasteiger charge is 2.38. The molecular weight excluding hydrogens is 391 g/mol. The molecule has 2 aliphatic rings. The number of anilines is 2. The minimum absolute atomic E-state index is 0.0532. The maximum absolute atomic E-state index is 13.2. The molecule has 0 saturated carbocycles. The van der Waals surface area contributed by atoms with Crippen LogP contribution in [0.4, 0.5) is 15.8 Å². The van der Waals surface area contributed by atoms with Crippen molar-refractivity contribution in [1.82, 2.24) is 0 Å². The Kier molecular flexibility index (Phi) is 4.94. The first-order valence-electron chi connectivity index (χ1n) is 9.33. The first-order chi connectivity index (χ1) is 14.4. The number of nitrogens with two attached hydrogens (primary N) is 1. The lowest BCUT2D eigenvalue weighted by molar-refractivity contribution is -0.119. The van der Waals surface area contributed by atoms with Crippen molar-refractivity contribution in [2.45, 2.75) is 18.9 Å². The van der Waals surface area contributed by atoms with Crippen LogP contribution < -0.4 is 15.6 Å². The van der Waals surface area contributed by atoms with E-state index in [0.717, 1.165) is 5.56 Å². The number of nitrogens with zero attached hydrogens (tertiary/aromatic N) is 3. The van der Waals surface area contributed by atoms with Crippen LogP contribution in [0.5, 0.6) is 0 Å². The van der Waals surface area contributed by atoms with E-state index in [2.05, 4.69) is 5.10 Å². The number of halogens is 1. The van der Waals surface area contributed by atoms with Gasteiger partial charge in [0.2, 0.25) is 5.91 Å². The summed E-state index contributed by atoms with van der Waals surface area (Å²) in [6.45, 7) is 0.426. The number of benzene rings is 2. The zero-order chi connectivity index (χ0) is 21.4. The second kappa shape index (κ2) is 7.58. The van der Waals surface area contributed by atoms with Gasteiger partial charge in [-0.2, -0.15) is 5.10 Å². The summed E-state index contributed by atoms with van der Waals surface area (Å²) in [6.07, 6.45) is 0.637. The van der Waals surface area contributed by atoms with Crippen molar-refractivity contribution in [2.24, 2.45) is 10.8 Å². The number of ether oxygens (including phenoxy) is 1. The normalized spacial score (nSPS) is 17.5. The Labute approximate surface area is 171 Å². The molecule has 0 bridgehead atoms. The van der Waals surface area contributed by atoms with Gasteiger partial charge in [-0.3, -0.25) is 14.6 Å². The standard InChI is InChI=1S/C21H19FN4O4/c1-30-21(29)13-2-7-17-12(10-13)8-9-25(17)20(28)16-11-18(19(23)27)26(24-16)15-5-3-14(22)4-6-15/h2-7,10,18H,8-9,11H2,1H3,(H2,23,27). The van der Waals surface area contributed by atoms with E-state index >= 15 is 0 Å². The first kappa shape index (κ1) is 19.6. The predicted octanol–water partition coefficient (Wildman–Crippen LogP) is 1.62. The molecule has 0 fully saturated rings. The molecule has 154 valence electrons. The van der Waals surface area contributed by atoms with Crippen molar-refractivity contribution in [1.29, 1.82) is 0 Å². The van der Waals surface area contributed by atoms with Crippen molar-refractivity contribution in [3.63, 3.8) is 0 Å². The lowest BCUT2D eigenvalue weighted by atomic mass is 10.1. The van der Waals surface area contributed by atoms with Gasteiger partial charge in [-0.1, -0.05) is 0 Å². The quantitative estimate of drug-likeness (QED) is 0.772. The summed E-state index contributed by atoms with van der Waals surface area (Å²) < 4.78 is 18.0. The van der Waals surface area contributed by atoms with Crippen molar-refractivity contribution in [3.8, 4) is 0 Å². The fourth-order valence-electron chi connectivity index (χ4n) is 3.71. The van der Waals surface area contributed by atoms with Crippen molar-refractivity contribution < 1.29 is 23.5 Å². The number of hydrogen-bond donors (Lipinski definition) is 1. The van der Waals surface area contributed by atoms with Crippen LogP contribution >= 0.6 is 0 Å². The molecular formula is C21H19FN4O4. The Balaban J connectivity index is 1.61. The van der Waals surface area contributed by atoms with Gasteiger partial charge in [0.05, 0.1) is 18.4 Å². The SMILES string of the molecule is COC(=O)c1ccc2c(c1)CCN2C(=O)C1=NN(c2ccc(F)cc2)C(C(N)=O)C1. The number of hydrogen-bond acceptors (Lipinski definition) is 6. The summed E-state index contributed by atoms with van der Waals surface area (Å²) in [5.74, 6) is -1.83. The van der Waals surface area contributed by atoms with Gasteiger partial charge < -0.3 is 15.4 Å². The molecule has 0 aliphatic carbocycles. The highest BCUT2D eigenvalue weighted by atomic mass is 19.1. The van der Waals surface area contributed by atoms with E-state index in [9.17, 15) is 18.8 Å². The van der Waals surface area contributed by atoms with Crippen LogP contribution in [-0.4, -0.2) is 43.2 Å². The second-order valence-electron chi connectivity index (χ2n) is 7.03. The van der Waals surface area contributed by atoms with Gasteiger partial charge in [-0.15, -0.1) is 0 Å². The van der Waals surface area contributed by atoms with Crippen LogP contribution in [0.2, 0.25) is 0 Å². The predicted molar refractivity (Wildman–Crippen MR) is 108 cm³/mol. The summed E-state index contributed by atoms with van der Waals surface area (Å²) in [7, 11) is 1.31. The maximum Gasteiger partial charge on any atom is 0.337 e. The molecule has 1 unspecified atom stereocenters. The Morgan fingerprint density at radius 3 is 2.57 bits per heavy atom. The lowest BCUT2D eigenvalue weighted by Gasteiger charge is -2.20. The minimum Gasteiger partial charge on any atom is -0.465 e. The summed E-state index contributed by atoms with van der Waals surface area (Å²) in [6, 6.07) is 9.62. The van der Waals surface area contributed by atoms with Crippen LogP contribution in [0.15, 0.2) is 47.6 Å². The molecule has 0 radical (unpaired) electrons. The van der Waals surface area contributed by atoms with E-state index in [0.29, 0.717) is 29.9 Å². The van der Waals surface area contributed by atoms with E-state index < -0.39 is 23.7 Å². The molecule has 0 spiro atoms. The molecule has 2 aromatic rings. The average Bonchev–Trinajstić information content (AvgIpc) is 3.37. The smallest absolute Gasteiger partial charge is 0.337 e. The molecule has 30 heavy (non-hydrogen) atoms. The average molecular weight is 410 g/mol. The van der Waals surface area contributed by atoms with E-state index in [1.165, 1.54) is 36.4 Å². The van der Waals surface area contributed by atoms with E-state index in [1.807, 2.05) is 0 Å². The van der Waals surface area contributed by atoms with Gasteiger partial charge in [0.1, 0.15) is 17.6 Å². The van der Waals surface area contributed by atoms with E-state index in [-0.39, 0.29) is 18.0 Å². The zero-order valence-corrected chi connectivity index (χ0v) is 16.2. The summed E-state index contributed by atoms with van der Waals surface area (Å²) in [5, 5.41) is 5.68. The third-order valence-corrected chi connectivity index (χ3v) is 5.22. The fourth-order valence-corrected chi connectivity index (χ4v) is 3.71. The van der Waals surface area contributed by atoms with Crippen molar-refractivity contribution >= 4 is 34.9 Å². The molecule has 2 N–H and O–H groups in total. The largest absolute Gasteiger partial charge is 0.465 e. The van der Waals surface area contributed by atoms with Gasteiger partial charge in [-0.25, -0.2) is 9.18 Å². The summed E-state index contributed by atoms with van der Waals surface area (Å²) in [4.78, 5) is 38.4. The molecule has 9 heteroatoms. The monoisotopic (exact) mass is 410 g/mol. The molecule has 4 rings (SSSR count). The molecule has 2 heterocycles. The minimum atomic E-state index is -0.835. The lowest BCUT2D eigenvalue weighted by Crippen LogP contribution is -2.40. The van der Waals surface area contributed by atoms with Crippen molar-refractivity contribution in [3.05, 3.63) is 59.4 Å². The van der Waals surface area contributed by atoms with Crippen molar-refractivity contribution in [2.75, 3.05) is 23.6 Å². The third kappa shape index (κ3) is 3.38. The van der Waals surface area contributed by atoms with Gasteiger partial charge in [0, 0.05) is 18.7 Å². The number of hydrazone groups is 1. The van der Waals surface area contributed by atoms with Crippen LogP contribution in [0, 0.1) is 5.82 Å². The Morgan fingerprint density at radius 2 is 1.90 bits per heavy atom. The van der Waals surface area contributed by atoms with E-state index in [4.69, 9.17) is 10.5 Å². The number of rotatable bonds is 4. The molecule has 8 nitrogen and oxygen atoms in total. The van der Waals surface area contributed by atoms with E-state index in [1.54, 1.807) is 23.1 Å². The molecule has 1 atom stereocenters. The van der Waals surface area contributed by atoms with Crippen LogP contribution in [-0.2, 0) is 20.7 Å². The summed E-state index contributed by atoms with van der Waals surface area (Å²) in [5.41, 5.74) is 8.12. The number of carbonyl (C=O) groups excluding carboxylic acids is 3. The van der Waals surface area contributed by atoms with Gasteiger partial charge in [0.15, 0.2) is 0 Å². The van der Waals surface area contributed by atoms with Gasteiger partial charge in [-0.05, 0) is 54.4 Å².